The maximum absolute atomic E-state index is 11.7. The summed E-state index contributed by atoms with van der Waals surface area (Å²) in [7, 11) is 1.64. The van der Waals surface area contributed by atoms with Crippen molar-refractivity contribution < 1.29 is 9.53 Å². The summed E-state index contributed by atoms with van der Waals surface area (Å²) in [5.74, 6) is 0.849. The van der Waals surface area contributed by atoms with Crippen molar-refractivity contribution in [2.75, 3.05) is 7.11 Å². The lowest BCUT2D eigenvalue weighted by molar-refractivity contribution is -0.123. The van der Waals surface area contributed by atoms with Gasteiger partial charge in [0.25, 0.3) is 0 Å². The molecule has 1 rings (SSSR count). The van der Waals surface area contributed by atoms with Crippen molar-refractivity contribution in [3.63, 3.8) is 0 Å². The summed E-state index contributed by atoms with van der Waals surface area (Å²) in [6, 6.07) is 7.76. The highest BCUT2D eigenvalue weighted by molar-refractivity contribution is 5.81. The normalized spacial score (nSPS) is 12.3. The molecule has 0 bridgehead atoms. The van der Waals surface area contributed by atoms with Crippen LogP contribution >= 0.6 is 0 Å². The van der Waals surface area contributed by atoms with Crippen LogP contribution < -0.4 is 15.4 Å². The molecule has 0 aliphatic carbocycles. The lowest BCUT2D eigenvalue weighted by Crippen LogP contribution is -2.44. The van der Waals surface area contributed by atoms with E-state index in [0.29, 0.717) is 6.54 Å². The first-order valence-corrected chi connectivity index (χ1v) is 6.19. The molecule has 4 nitrogen and oxygen atoms in total. The predicted molar refractivity (Wildman–Crippen MR) is 72.6 cm³/mol. The fraction of sp³-hybridized carbons (Fsp3) is 0.500. The highest BCUT2D eigenvalue weighted by Crippen LogP contribution is 2.12. The molecule has 0 saturated carbocycles. The van der Waals surface area contributed by atoms with Gasteiger partial charge >= 0.3 is 0 Å². The molecule has 0 heterocycles. The lowest BCUT2D eigenvalue weighted by atomic mass is 10.2. The molecule has 2 N–H and O–H groups in total. The molecular weight excluding hydrogens is 228 g/mol. The van der Waals surface area contributed by atoms with Crippen LogP contribution in [0.4, 0.5) is 0 Å². The van der Waals surface area contributed by atoms with Crippen LogP contribution in [0.3, 0.4) is 0 Å². The van der Waals surface area contributed by atoms with Crippen molar-refractivity contribution in [2.45, 2.75) is 39.4 Å². The van der Waals surface area contributed by atoms with Crippen molar-refractivity contribution in [1.82, 2.24) is 10.6 Å². The molecule has 0 aliphatic rings. The van der Waals surface area contributed by atoms with Gasteiger partial charge in [0, 0.05) is 12.6 Å². The molecule has 1 amide bonds. The number of rotatable bonds is 6. The Morgan fingerprint density at radius 3 is 2.67 bits per heavy atom. The second-order valence-electron chi connectivity index (χ2n) is 4.62. The minimum absolute atomic E-state index is 0.0212. The Bertz CT molecular complexity index is 391. The number of amides is 1. The summed E-state index contributed by atoms with van der Waals surface area (Å²) in [4.78, 5) is 11.7. The third-order valence-corrected chi connectivity index (χ3v) is 2.57. The van der Waals surface area contributed by atoms with Gasteiger partial charge in [0.15, 0.2) is 0 Å². The molecule has 4 heteroatoms. The molecule has 0 spiro atoms. The first-order chi connectivity index (χ1) is 8.52. The smallest absolute Gasteiger partial charge is 0.237 e. The van der Waals surface area contributed by atoms with Crippen molar-refractivity contribution in [3.05, 3.63) is 29.8 Å². The molecule has 0 aliphatic heterocycles. The van der Waals surface area contributed by atoms with Crippen LogP contribution in [0, 0.1) is 0 Å². The molecule has 1 aromatic carbocycles. The highest BCUT2D eigenvalue weighted by atomic mass is 16.5. The Morgan fingerprint density at radius 1 is 1.33 bits per heavy atom. The zero-order valence-electron chi connectivity index (χ0n) is 11.5. The average molecular weight is 250 g/mol. The molecule has 0 aromatic heterocycles. The van der Waals surface area contributed by atoms with Crippen molar-refractivity contribution in [1.29, 1.82) is 0 Å². The van der Waals surface area contributed by atoms with E-state index in [1.165, 1.54) is 0 Å². The van der Waals surface area contributed by atoms with Crippen LogP contribution in [-0.4, -0.2) is 25.1 Å². The largest absolute Gasteiger partial charge is 0.497 e. The number of ether oxygens (including phenoxy) is 1. The minimum Gasteiger partial charge on any atom is -0.497 e. The third-order valence-electron chi connectivity index (χ3n) is 2.57. The van der Waals surface area contributed by atoms with Crippen LogP contribution in [0.2, 0.25) is 0 Å². The van der Waals surface area contributed by atoms with E-state index >= 15 is 0 Å². The van der Waals surface area contributed by atoms with Gasteiger partial charge in [-0.15, -0.1) is 0 Å². The summed E-state index contributed by atoms with van der Waals surface area (Å²) in [6.07, 6.45) is 0. The molecule has 0 saturated heterocycles. The van der Waals surface area contributed by atoms with Crippen LogP contribution in [-0.2, 0) is 11.3 Å². The van der Waals surface area contributed by atoms with E-state index in [4.69, 9.17) is 4.74 Å². The van der Waals surface area contributed by atoms with Gasteiger partial charge in [-0.3, -0.25) is 4.79 Å². The van der Waals surface area contributed by atoms with Crippen LogP contribution in [0.5, 0.6) is 5.75 Å². The maximum Gasteiger partial charge on any atom is 0.237 e. The highest BCUT2D eigenvalue weighted by Gasteiger charge is 2.12. The number of nitrogens with one attached hydrogen (secondary N) is 2. The second kappa shape index (κ2) is 7.01. The number of carbonyl (C=O) groups is 1. The van der Waals surface area contributed by atoms with Crippen molar-refractivity contribution >= 4 is 5.91 Å². The van der Waals surface area contributed by atoms with E-state index in [0.717, 1.165) is 11.3 Å². The number of hydrogen-bond donors (Lipinski definition) is 2. The van der Waals surface area contributed by atoms with Crippen molar-refractivity contribution in [3.8, 4) is 5.75 Å². The van der Waals surface area contributed by atoms with Gasteiger partial charge in [0.05, 0.1) is 13.2 Å². The fourth-order valence-electron chi connectivity index (χ4n) is 1.56. The Balaban J connectivity index is 2.46. The van der Waals surface area contributed by atoms with E-state index in [1.807, 2.05) is 45.0 Å². The standard InChI is InChI=1S/C14H22N2O2/c1-10(2)16-14(17)11(3)15-9-12-6-5-7-13(8-12)18-4/h5-8,10-11,15H,9H2,1-4H3,(H,16,17). The maximum atomic E-state index is 11.7. The average Bonchev–Trinajstić information content (AvgIpc) is 2.35. The molecule has 18 heavy (non-hydrogen) atoms. The van der Waals surface area contributed by atoms with Gasteiger partial charge in [-0.05, 0) is 38.5 Å². The summed E-state index contributed by atoms with van der Waals surface area (Å²) in [5, 5.41) is 6.06. The Hall–Kier alpha value is -1.55. The molecule has 0 fully saturated rings. The van der Waals surface area contributed by atoms with Crippen molar-refractivity contribution in [2.24, 2.45) is 0 Å². The summed E-state index contributed by atoms with van der Waals surface area (Å²) in [5.41, 5.74) is 1.10. The topological polar surface area (TPSA) is 50.4 Å². The summed E-state index contributed by atoms with van der Waals surface area (Å²) < 4.78 is 5.15. The quantitative estimate of drug-likeness (QED) is 0.808. The fourth-order valence-corrected chi connectivity index (χ4v) is 1.56. The van der Waals surface area contributed by atoms with Gasteiger partial charge in [-0.2, -0.15) is 0 Å². The first kappa shape index (κ1) is 14.5. The van der Waals surface area contributed by atoms with E-state index in [2.05, 4.69) is 10.6 Å². The van der Waals surface area contributed by atoms with E-state index in [1.54, 1.807) is 7.11 Å². The van der Waals surface area contributed by atoms with Gasteiger partial charge in [0.2, 0.25) is 5.91 Å². The number of hydrogen-bond acceptors (Lipinski definition) is 3. The Kier molecular flexibility index (Phi) is 5.65. The van der Waals surface area contributed by atoms with Crippen LogP contribution in [0.1, 0.15) is 26.3 Å². The molecular formula is C14H22N2O2. The van der Waals surface area contributed by atoms with E-state index < -0.39 is 0 Å². The third kappa shape index (κ3) is 4.75. The Labute approximate surface area is 109 Å². The van der Waals surface area contributed by atoms with Gasteiger partial charge in [-0.25, -0.2) is 0 Å². The molecule has 100 valence electrons. The molecule has 1 unspecified atom stereocenters. The minimum atomic E-state index is -0.210. The van der Waals surface area contributed by atoms with Gasteiger partial charge in [0.1, 0.15) is 5.75 Å². The predicted octanol–water partition coefficient (Wildman–Crippen LogP) is 1.70. The molecule has 1 atom stereocenters. The van der Waals surface area contributed by atoms with Crippen LogP contribution in [0.25, 0.3) is 0 Å². The lowest BCUT2D eigenvalue weighted by Gasteiger charge is -2.16. The van der Waals surface area contributed by atoms with Gasteiger partial charge in [-0.1, -0.05) is 12.1 Å². The first-order valence-electron chi connectivity index (χ1n) is 6.19. The number of carbonyl (C=O) groups excluding carboxylic acids is 1. The number of benzene rings is 1. The molecule has 0 radical (unpaired) electrons. The zero-order valence-corrected chi connectivity index (χ0v) is 11.5. The summed E-state index contributed by atoms with van der Waals surface area (Å²) in [6.45, 7) is 6.40. The SMILES string of the molecule is COc1cccc(CNC(C)C(=O)NC(C)C)c1. The second-order valence-corrected chi connectivity index (χ2v) is 4.62. The van der Waals surface area contributed by atoms with Gasteiger partial charge < -0.3 is 15.4 Å². The Morgan fingerprint density at radius 2 is 2.06 bits per heavy atom. The summed E-state index contributed by atoms with van der Waals surface area (Å²) >= 11 is 0. The number of methoxy groups -OCH3 is 1. The van der Waals surface area contributed by atoms with Crippen LogP contribution in [0.15, 0.2) is 24.3 Å². The zero-order chi connectivity index (χ0) is 13.5. The molecule has 1 aromatic rings. The monoisotopic (exact) mass is 250 g/mol. The van der Waals surface area contributed by atoms with E-state index in [-0.39, 0.29) is 18.0 Å². The van der Waals surface area contributed by atoms with E-state index in [9.17, 15) is 4.79 Å².